The Balaban J connectivity index is 1.69. The van der Waals surface area contributed by atoms with Crippen molar-refractivity contribution in [3.05, 3.63) is 53.6 Å². The number of carbonyl (C=O) groups excluding carboxylic acids is 3. The van der Waals surface area contributed by atoms with Crippen molar-refractivity contribution in [2.45, 2.75) is 22.6 Å². The maximum Gasteiger partial charge on any atom is 0.259 e. The Bertz CT molecular complexity index is 1000. The van der Waals surface area contributed by atoms with Crippen LogP contribution in [0.4, 0.5) is 5.69 Å². The van der Waals surface area contributed by atoms with E-state index in [9.17, 15) is 14.4 Å². The van der Waals surface area contributed by atoms with E-state index in [1.165, 1.54) is 16.7 Å². The van der Waals surface area contributed by atoms with Gasteiger partial charge in [0.1, 0.15) is 6.54 Å². The monoisotopic (exact) mass is 439 g/mol. The summed E-state index contributed by atoms with van der Waals surface area (Å²) in [4.78, 5) is 43.9. The number of rotatable bonds is 6. The molecule has 0 aliphatic carbocycles. The number of carbonyl (C=O) groups is 3. The summed E-state index contributed by atoms with van der Waals surface area (Å²) >= 11 is 1.47. The van der Waals surface area contributed by atoms with Crippen LogP contribution in [-0.4, -0.2) is 62.5 Å². The van der Waals surface area contributed by atoms with E-state index in [2.05, 4.69) is 5.32 Å². The lowest BCUT2D eigenvalue weighted by atomic mass is 10.1. The van der Waals surface area contributed by atoms with Gasteiger partial charge in [0.05, 0.1) is 17.9 Å². The highest BCUT2D eigenvalue weighted by atomic mass is 32.2. The van der Waals surface area contributed by atoms with Crippen LogP contribution >= 0.6 is 11.8 Å². The first-order valence-corrected chi connectivity index (χ1v) is 11.2. The molecule has 1 N–H and O–H groups in total. The fraction of sp³-hybridized carbons (Fsp3) is 0.348. The van der Waals surface area contributed by atoms with Crippen molar-refractivity contribution >= 4 is 35.2 Å². The Hall–Kier alpha value is -2.84. The van der Waals surface area contributed by atoms with Gasteiger partial charge < -0.3 is 15.0 Å². The SMILES string of the molecule is COCCNC(=O)CN1C(=O)c2ccccc2Sc2ccc(C(=O)N3CCCC3)cc21. The van der Waals surface area contributed by atoms with Crippen LogP contribution in [0.3, 0.4) is 0 Å². The molecule has 2 aliphatic heterocycles. The number of hydrogen-bond acceptors (Lipinski definition) is 5. The molecule has 31 heavy (non-hydrogen) atoms. The van der Waals surface area contributed by atoms with Crippen LogP contribution in [0.15, 0.2) is 52.3 Å². The number of amides is 3. The first-order valence-electron chi connectivity index (χ1n) is 10.4. The van der Waals surface area contributed by atoms with Crippen LogP contribution in [0.1, 0.15) is 33.6 Å². The van der Waals surface area contributed by atoms with Gasteiger partial charge >= 0.3 is 0 Å². The summed E-state index contributed by atoms with van der Waals surface area (Å²) in [5, 5.41) is 2.77. The van der Waals surface area contributed by atoms with Gasteiger partial charge in [-0.1, -0.05) is 23.9 Å². The quantitative estimate of drug-likeness (QED) is 0.701. The molecule has 7 nitrogen and oxygen atoms in total. The van der Waals surface area contributed by atoms with Crippen LogP contribution in [0.25, 0.3) is 0 Å². The van der Waals surface area contributed by atoms with Gasteiger partial charge in [-0.3, -0.25) is 19.3 Å². The van der Waals surface area contributed by atoms with Gasteiger partial charge in [0.15, 0.2) is 0 Å². The number of fused-ring (bicyclic) bond motifs is 2. The van der Waals surface area contributed by atoms with E-state index in [1.807, 2.05) is 35.2 Å². The molecule has 0 radical (unpaired) electrons. The largest absolute Gasteiger partial charge is 0.383 e. The zero-order valence-electron chi connectivity index (χ0n) is 17.4. The van der Waals surface area contributed by atoms with Crippen molar-refractivity contribution < 1.29 is 19.1 Å². The van der Waals surface area contributed by atoms with Gasteiger partial charge in [-0.2, -0.15) is 0 Å². The molecule has 162 valence electrons. The molecule has 2 aliphatic rings. The molecule has 4 rings (SSSR count). The van der Waals surface area contributed by atoms with Crippen LogP contribution < -0.4 is 10.2 Å². The van der Waals surface area contributed by atoms with E-state index in [0.717, 1.165) is 35.7 Å². The zero-order chi connectivity index (χ0) is 21.8. The molecule has 0 spiro atoms. The molecule has 0 bridgehead atoms. The highest BCUT2D eigenvalue weighted by Gasteiger charge is 2.30. The van der Waals surface area contributed by atoms with E-state index >= 15 is 0 Å². The Morgan fingerprint density at radius 1 is 1.10 bits per heavy atom. The molecule has 3 amide bonds. The van der Waals surface area contributed by atoms with E-state index in [-0.39, 0.29) is 24.3 Å². The molecule has 1 fully saturated rings. The van der Waals surface area contributed by atoms with Gasteiger partial charge in [-0.15, -0.1) is 0 Å². The Morgan fingerprint density at radius 3 is 2.65 bits per heavy atom. The predicted octanol–water partition coefficient (Wildman–Crippen LogP) is 2.80. The first-order chi connectivity index (χ1) is 15.1. The number of hydrogen-bond donors (Lipinski definition) is 1. The number of nitrogens with one attached hydrogen (secondary N) is 1. The van der Waals surface area contributed by atoms with Crippen molar-refractivity contribution in [2.24, 2.45) is 0 Å². The maximum atomic E-state index is 13.4. The summed E-state index contributed by atoms with van der Waals surface area (Å²) in [7, 11) is 1.56. The normalized spacial score (nSPS) is 15.3. The summed E-state index contributed by atoms with van der Waals surface area (Å²) in [5.41, 5.74) is 1.66. The summed E-state index contributed by atoms with van der Waals surface area (Å²) < 4.78 is 4.98. The molecular formula is C23H25N3O4S. The Labute approximate surface area is 185 Å². The third-order valence-electron chi connectivity index (χ3n) is 5.40. The number of anilines is 1. The summed E-state index contributed by atoms with van der Waals surface area (Å²) in [6.07, 6.45) is 2.02. The topological polar surface area (TPSA) is 79.0 Å². The lowest BCUT2D eigenvalue weighted by Gasteiger charge is -2.24. The van der Waals surface area contributed by atoms with E-state index in [4.69, 9.17) is 4.74 Å². The lowest BCUT2D eigenvalue weighted by molar-refractivity contribution is -0.119. The average Bonchev–Trinajstić information content (AvgIpc) is 3.29. The van der Waals surface area contributed by atoms with Gasteiger partial charge in [0, 0.05) is 42.1 Å². The van der Waals surface area contributed by atoms with E-state index in [0.29, 0.717) is 30.0 Å². The van der Waals surface area contributed by atoms with Gasteiger partial charge in [0.25, 0.3) is 11.8 Å². The molecule has 1 saturated heterocycles. The molecule has 0 aromatic heterocycles. The number of likely N-dealkylation sites (tertiary alicyclic amines) is 1. The average molecular weight is 440 g/mol. The molecule has 0 unspecified atom stereocenters. The van der Waals surface area contributed by atoms with Crippen LogP contribution in [0.2, 0.25) is 0 Å². The molecule has 0 saturated carbocycles. The van der Waals surface area contributed by atoms with Crippen molar-refractivity contribution in [3.8, 4) is 0 Å². The standard InChI is InChI=1S/C23H25N3O4S/c1-30-13-10-24-21(27)15-26-18-14-16(22(28)25-11-4-5-12-25)8-9-20(18)31-19-7-3-2-6-17(19)23(26)29/h2-3,6-9,14H,4-5,10-13,15H2,1H3,(H,24,27). The Morgan fingerprint density at radius 2 is 1.87 bits per heavy atom. The molecule has 2 aromatic rings. The second-order valence-corrected chi connectivity index (χ2v) is 8.60. The van der Waals surface area contributed by atoms with Crippen molar-refractivity contribution in [3.63, 3.8) is 0 Å². The van der Waals surface area contributed by atoms with E-state index < -0.39 is 0 Å². The summed E-state index contributed by atoms with van der Waals surface area (Å²) in [6.45, 7) is 2.12. The van der Waals surface area contributed by atoms with Gasteiger partial charge in [0.2, 0.25) is 5.91 Å². The number of ether oxygens (including phenoxy) is 1. The fourth-order valence-corrected chi connectivity index (χ4v) is 4.86. The molecule has 8 heteroatoms. The number of methoxy groups -OCH3 is 1. The van der Waals surface area contributed by atoms with Crippen molar-refractivity contribution in [1.82, 2.24) is 10.2 Å². The number of nitrogens with zero attached hydrogens (tertiary/aromatic N) is 2. The molecule has 0 atom stereocenters. The summed E-state index contributed by atoms with van der Waals surface area (Å²) in [6, 6.07) is 12.8. The van der Waals surface area contributed by atoms with Crippen LogP contribution in [0.5, 0.6) is 0 Å². The minimum absolute atomic E-state index is 0.0380. The van der Waals surface area contributed by atoms with Gasteiger partial charge in [-0.25, -0.2) is 0 Å². The maximum absolute atomic E-state index is 13.4. The smallest absolute Gasteiger partial charge is 0.259 e. The van der Waals surface area contributed by atoms with Gasteiger partial charge in [-0.05, 0) is 43.2 Å². The van der Waals surface area contributed by atoms with Crippen LogP contribution in [-0.2, 0) is 9.53 Å². The number of benzene rings is 2. The fourth-order valence-electron chi connectivity index (χ4n) is 3.81. The van der Waals surface area contributed by atoms with Crippen molar-refractivity contribution in [1.29, 1.82) is 0 Å². The lowest BCUT2D eigenvalue weighted by Crippen LogP contribution is -2.41. The third kappa shape index (κ3) is 4.60. The molecule has 2 aromatic carbocycles. The Kier molecular flexibility index (Phi) is 6.58. The summed E-state index contributed by atoms with van der Waals surface area (Å²) in [5.74, 6) is -0.574. The minimum atomic E-state index is -0.281. The minimum Gasteiger partial charge on any atom is -0.383 e. The first kappa shape index (κ1) is 21.4. The second kappa shape index (κ2) is 9.53. The highest BCUT2D eigenvalue weighted by molar-refractivity contribution is 7.99. The van der Waals surface area contributed by atoms with Crippen molar-refractivity contribution in [2.75, 3.05) is 44.8 Å². The predicted molar refractivity (Wildman–Crippen MR) is 119 cm³/mol. The van der Waals surface area contributed by atoms with E-state index in [1.54, 1.807) is 19.2 Å². The highest BCUT2D eigenvalue weighted by Crippen LogP contribution is 2.41. The molecular weight excluding hydrogens is 414 g/mol. The third-order valence-corrected chi connectivity index (χ3v) is 6.54. The molecule has 2 heterocycles. The van der Waals surface area contributed by atoms with Crippen LogP contribution in [0, 0.1) is 0 Å². The zero-order valence-corrected chi connectivity index (χ0v) is 18.2. The second-order valence-electron chi connectivity index (χ2n) is 7.51.